The minimum Gasteiger partial charge on any atom is -0.484 e. The van der Waals surface area contributed by atoms with E-state index >= 15 is 0 Å². The maximum Gasteiger partial charge on any atom is 0.353 e. The highest BCUT2D eigenvalue weighted by Gasteiger charge is 2.54. The Morgan fingerprint density at radius 2 is 2.08 bits per heavy atom. The third-order valence-electron chi connectivity index (χ3n) is 3.77. The van der Waals surface area contributed by atoms with Crippen LogP contribution >= 0.6 is 11.8 Å². The number of thioether (sulfide) groups is 1. The summed E-state index contributed by atoms with van der Waals surface area (Å²) in [7, 11) is 0. The van der Waals surface area contributed by atoms with Crippen LogP contribution in [0.1, 0.15) is 0 Å². The molecule has 2 N–H and O–H groups in total. The molecule has 0 aromatic heterocycles. The van der Waals surface area contributed by atoms with Gasteiger partial charge in [0.05, 0.1) is 0 Å². The number of nitrogens with one attached hydrogen (secondary N) is 1. The van der Waals surface area contributed by atoms with Crippen molar-refractivity contribution in [2.24, 2.45) is 0 Å². The van der Waals surface area contributed by atoms with Gasteiger partial charge in [0, 0.05) is 11.3 Å². The summed E-state index contributed by atoms with van der Waals surface area (Å²) in [5, 5.41) is 11.2. The van der Waals surface area contributed by atoms with Crippen LogP contribution in [0, 0.1) is 0 Å². The van der Waals surface area contributed by atoms with Gasteiger partial charge >= 0.3 is 5.97 Å². The fraction of sp³-hybridized carbons (Fsp3) is 0.250. The molecule has 1 fully saturated rings. The van der Waals surface area contributed by atoms with E-state index in [-0.39, 0.29) is 23.6 Å². The first-order valence-electron chi connectivity index (χ1n) is 7.36. The van der Waals surface area contributed by atoms with Crippen molar-refractivity contribution in [3.8, 4) is 5.75 Å². The molecule has 1 aromatic rings. The number of aldehydes is 1. The van der Waals surface area contributed by atoms with Crippen LogP contribution in [0.3, 0.4) is 0 Å². The summed E-state index contributed by atoms with van der Waals surface area (Å²) >= 11 is 1.23. The first-order valence-corrected chi connectivity index (χ1v) is 8.41. The number of nitrogens with zero attached hydrogens (tertiary/aromatic N) is 1. The van der Waals surface area contributed by atoms with Gasteiger partial charge in [-0.25, -0.2) is 4.79 Å². The molecule has 8 nitrogen and oxygen atoms in total. The zero-order valence-electron chi connectivity index (χ0n) is 12.9. The summed E-state index contributed by atoms with van der Waals surface area (Å²) in [5.41, 5.74) is -0.255. The van der Waals surface area contributed by atoms with Crippen LogP contribution in [-0.4, -0.2) is 57.9 Å². The van der Waals surface area contributed by atoms with Gasteiger partial charge in [-0.3, -0.25) is 19.3 Å². The molecule has 130 valence electrons. The number of fused-ring (bicyclic) bond motifs is 1. The minimum atomic E-state index is -1.34. The van der Waals surface area contributed by atoms with Crippen LogP contribution in [0.5, 0.6) is 5.75 Å². The van der Waals surface area contributed by atoms with Crippen molar-refractivity contribution in [3.05, 3.63) is 41.6 Å². The molecule has 3 rings (SSSR count). The number of β-lactam (4-membered cyclic amide) rings is 1. The fourth-order valence-electron chi connectivity index (χ4n) is 2.61. The summed E-state index contributed by atoms with van der Waals surface area (Å²) < 4.78 is 5.31. The highest BCUT2D eigenvalue weighted by Crippen LogP contribution is 2.39. The van der Waals surface area contributed by atoms with Crippen LogP contribution < -0.4 is 10.1 Å². The number of ether oxygens (including phenoxy) is 1. The maximum absolute atomic E-state index is 12.2. The van der Waals surface area contributed by atoms with Crippen LogP contribution in [0.25, 0.3) is 0 Å². The van der Waals surface area contributed by atoms with Crippen LogP contribution in [0.4, 0.5) is 0 Å². The Morgan fingerprint density at radius 3 is 2.72 bits per heavy atom. The van der Waals surface area contributed by atoms with Gasteiger partial charge in [0.1, 0.15) is 29.1 Å². The molecule has 2 atom stereocenters. The maximum atomic E-state index is 12.2. The molecule has 0 aliphatic carbocycles. The lowest BCUT2D eigenvalue weighted by Gasteiger charge is -2.48. The summed E-state index contributed by atoms with van der Waals surface area (Å²) in [6.07, 6.45) is 0.444. The molecule has 1 aromatic carbocycles. The van der Waals surface area contributed by atoms with Crippen molar-refractivity contribution >= 4 is 35.8 Å². The molecule has 2 aliphatic heterocycles. The fourth-order valence-corrected chi connectivity index (χ4v) is 3.90. The number of para-hydroxylation sites is 1. The standard InChI is InChI=1S/C16H14N2O6S/c19-6-9-8-25-15-12(14(21)18(15)13(9)16(22)23)17-11(20)7-24-10-4-2-1-3-5-10/h1-6,12,15H,7-8H2,(H,17,20)(H,22,23). The summed E-state index contributed by atoms with van der Waals surface area (Å²) in [5.74, 6) is -1.67. The number of aliphatic carboxylic acids is 1. The van der Waals surface area contributed by atoms with Gasteiger partial charge in [-0.1, -0.05) is 18.2 Å². The van der Waals surface area contributed by atoms with Crippen molar-refractivity contribution in [2.45, 2.75) is 11.4 Å². The number of benzene rings is 1. The Morgan fingerprint density at radius 1 is 1.36 bits per heavy atom. The molecule has 9 heteroatoms. The summed E-state index contributed by atoms with van der Waals surface area (Å²) in [4.78, 5) is 47.5. The first-order chi connectivity index (χ1) is 12.0. The summed E-state index contributed by atoms with van der Waals surface area (Å²) in [6, 6.07) is 7.92. The number of carboxylic acid groups (broad SMARTS) is 1. The van der Waals surface area contributed by atoms with E-state index < -0.39 is 29.2 Å². The topological polar surface area (TPSA) is 113 Å². The van der Waals surface area contributed by atoms with Crippen molar-refractivity contribution in [1.82, 2.24) is 10.2 Å². The van der Waals surface area contributed by atoms with Crippen molar-refractivity contribution in [1.29, 1.82) is 0 Å². The van der Waals surface area contributed by atoms with Gasteiger partial charge in [-0.05, 0) is 12.1 Å². The van der Waals surface area contributed by atoms with Crippen molar-refractivity contribution in [3.63, 3.8) is 0 Å². The van der Waals surface area contributed by atoms with E-state index in [4.69, 9.17) is 4.74 Å². The van der Waals surface area contributed by atoms with Crippen LogP contribution in [0.2, 0.25) is 0 Å². The van der Waals surface area contributed by atoms with E-state index in [1.165, 1.54) is 11.8 Å². The second-order valence-electron chi connectivity index (χ2n) is 5.35. The molecule has 0 bridgehead atoms. The number of hydrogen-bond acceptors (Lipinski definition) is 6. The van der Waals surface area contributed by atoms with Gasteiger partial charge in [-0.15, -0.1) is 11.8 Å². The molecular weight excluding hydrogens is 348 g/mol. The third kappa shape index (κ3) is 3.22. The van der Waals surface area contributed by atoms with Gasteiger partial charge in [0.15, 0.2) is 6.61 Å². The highest BCUT2D eigenvalue weighted by atomic mass is 32.2. The van der Waals surface area contributed by atoms with Gasteiger partial charge in [0.25, 0.3) is 11.8 Å². The van der Waals surface area contributed by atoms with Crippen molar-refractivity contribution < 1.29 is 29.0 Å². The second kappa shape index (κ2) is 6.98. The number of amides is 2. The van der Waals surface area contributed by atoms with E-state index in [1.807, 2.05) is 6.07 Å². The number of carbonyl (C=O) groups excluding carboxylic acids is 3. The Kier molecular flexibility index (Phi) is 4.75. The van der Waals surface area contributed by atoms with E-state index in [1.54, 1.807) is 24.3 Å². The monoisotopic (exact) mass is 362 g/mol. The molecule has 2 heterocycles. The average molecular weight is 362 g/mol. The number of carbonyl (C=O) groups is 4. The number of rotatable bonds is 6. The van der Waals surface area contributed by atoms with Crippen LogP contribution in [-0.2, 0) is 19.2 Å². The molecule has 0 saturated carbocycles. The van der Waals surface area contributed by atoms with E-state index in [0.29, 0.717) is 12.0 Å². The quantitative estimate of drug-likeness (QED) is 0.541. The zero-order chi connectivity index (χ0) is 18.0. The Hall–Kier alpha value is -2.81. The Balaban J connectivity index is 1.62. The SMILES string of the molecule is O=CC1=C(C(=O)O)N2C(=O)C(NC(=O)COc3ccccc3)C2SC1. The van der Waals surface area contributed by atoms with Crippen molar-refractivity contribution in [2.75, 3.05) is 12.4 Å². The lowest BCUT2D eigenvalue weighted by molar-refractivity contribution is -0.151. The lowest BCUT2D eigenvalue weighted by atomic mass is 10.0. The summed E-state index contributed by atoms with van der Waals surface area (Å²) in [6.45, 7) is -0.258. The molecule has 25 heavy (non-hydrogen) atoms. The zero-order valence-corrected chi connectivity index (χ0v) is 13.7. The van der Waals surface area contributed by atoms with Gasteiger partial charge in [0.2, 0.25) is 0 Å². The Labute approximate surface area is 146 Å². The lowest BCUT2D eigenvalue weighted by Crippen LogP contribution is -2.70. The Bertz CT molecular complexity index is 763. The van der Waals surface area contributed by atoms with Crippen LogP contribution in [0.15, 0.2) is 41.6 Å². The highest BCUT2D eigenvalue weighted by molar-refractivity contribution is 8.00. The molecule has 0 spiro atoms. The van der Waals surface area contributed by atoms with E-state index in [2.05, 4.69) is 5.32 Å². The average Bonchev–Trinajstić information content (AvgIpc) is 2.63. The number of hydrogen-bond donors (Lipinski definition) is 2. The molecule has 2 unspecified atom stereocenters. The van der Waals surface area contributed by atoms with Gasteiger partial charge in [-0.2, -0.15) is 0 Å². The molecule has 1 saturated heterocycles. The minimum absolute atomic E-state index is 0.0549. The predicted octanol–water partition coefficient (Wildman–Crippen LogP) is 0.00290. The molecular formula is C16H14N2O6S. The molecule has 2 aliphatic rings. The normalized spacial score (nSPS) is 21.9. The molecule has 0 radical (unpaired) electrons. The number of carboxylic acids is 1. The van der Waals surface area contributed by atoms with E-state index in [9.17, 15) is 24.3 Å². The first kappa shape index (κ1) is 17.0. The third-order valence-corrected chi connectivity index (χ3v) is 5.07. The molecule has 2 amide bonds. The predicted molar refractivity (Wildman–Crippen MR) is 87.7 cm³/mol. The van der Waals surface area contributed by atoms with Gasteiger partial charge < -0.3 is 15.2 Å². The smallest absolute Gasteiger partial charge is 0.353 e. The second-order valence-corrected chi connectivity index (χ2v) is 6.46. The largest absolute Gasteiger partial charge is 0.484 e. The van der Waals surface area contributed by atoms with E-state index in [0.717, 1.165) is 4.90 Å².